The largest absolute Gasteiger partial charge is 0.478 e. The van der Waals surface area contributed by atoms with Crippen LogP contribution in [0.25, 0.3) is 10.1 Å². The Bertz CT molecular complexity index is 717. The molecule has 1 aromatic heterocycles. The van der Waals surface area contributed by atoms with Crippen molar-refractivity contribution >= 4 is 39.0 Å². The summed E-state index contributed by atoms with van der Waals surface area (Å²) < 4.78 is 5.96. The number of carboxylic acid groups (broad SMARTS) is 2. The standard InChI is InChI=1S/C14H13NO5S/c16-13(17)11-9-7-8(15-3-5-20-6-4-15)1-2-10(9)21-12(11)14(18)19/h1-2,7H,3-6H2,(H,16,17)(H,18,19). The van der Waals surface area contributed by atoms with Crippen molar-refractivity contribution in [3.05, 3.63) is 28.6 Å². The molecule has 0 aliphatic carbocycles. The molecule has 6 nitrogen and oxygen atoms in total. The Morgan fingerprint density at radius 1 is 1.14 bits per heavy atom. The molecule has 110 valence electrons. The van der Waals surface area contributed by atoms with Crippen molar-refractivity contribution in [2.75, 3.05) is 31.2 Å². The first-order chi connectivity index (χ1) is 10.1. The van der Waals surface area contributed by atoms with Gasteiger partial charge >= 0.3 is 11.9 Å². The summed E-state index contributed by atoms with van der Waals surface area (Å²) in [5.41, 5.74) is 0.764. The predicted molar refractivity (Wildman–Crippen MR) is 78.8 cm³/mol. The fourth-order valence-corrected chi connectivity index (χ4v) is 3.48. The lowest BCUT2D eigenvalue weighted by molar-refractivity contribution is 0.0657. The number of thiophene rings is 1. The van der Waals surface area contributed by atoms with E-state index in [1.165, 1.54) is 0 Å². The van der Waals surface area contributed by atoms with Crippen molar-refractivity contribution in [1.82, 2.24) is 0 Å². The third kappa shape index (κ3) is 2.45. The predicted octanol–water partition coefficient (Wildman–Crippen LogP) is 2.13. The van der Waals surface area contributed by atoms with E-state index in [4.69, 9.17) is 9.84 Å². The number of ether oxygens (including phenoxy) is 1. The van der Waals surface area contributed by atoms with E-state index in [1.807, 2.05) is 6.07 Å². The van der Waals surface area contributed by atoms with Crippen LogP contribution in [0.3, 0.4) is 0 Å². The highest BCUT2D eigenvalue weighted by molar-refractivity contribution is 7.21. The number of anilines is 1. The lowest BCUT2D eigenvalue weighted by Gasteiger charge is -2.28. The number of carbonyl (C=O) groups is 2. The second-order valence-corrected chi connectivity index (χ2v) is 5.75. The molecule has 0 atom stereocenters. The minimum Gasteiger partial charge on any atom is -0.478 e. The molecule has 21 heavy (non-hydrogen) atoms. The third-order valence-corrected chi connectivity index (χ3v) is 4.61. The molecule has 3 rings (SSSR count). The van der Waals surface area contributed by atoms with E-state index in [9.17, 15) is 14.7 Å². The van der Waals surface area contributed by atoms with E-state index >= 15 is 0 Å². The highest BCUT2D eigenvalue weighted by atomic mass is 32.1. The normalized spacial score (nSPS) is 15.3. The van der Waals surface area contributed by atoms with E-state index in [0.717, 1.165) is 30.1 Å². The molecule has 0 amide bonds. The molecule has 7 heteroatoms. The van der Waals surface area contributed by atoms with Crippen molar-refractivity contribution in [2.45, 2.75) is 0 Å². The molecular formula is C14H13NO5S. The van der Waals surface area contributed by atoms with E-state index in [2.05, 4.69) is 4.90 Å². The van der Waals surface area contributed by atoms with Crippen LogP contribution < -0.4 is 4.90 Å². The fraction of sp³-hybridized carbons (Fsp3) is 0.286. The molecule has 1 fully saturated rings. The van der Waals surface area contributed by atoms with Crippen LogP contribution in [0.2, 0.25) is 0 Å². The second-order valence-electron chi connectivity index (χ2n) is 4.70. The second kappa shape index (κ2) is 5.34. The first-order valence-electron chi connectivity index (χ1n) is 6.44. The van der Waals surface area contributed by atoms with Gasteiger partial charge in [-0.25, -0.2) is 9.59 Å². The first kappa shape index (κ1) is 13.8. The molecule has 2 N–H and O–H groups in total. The first-order valence-corrected chi connectivity index (χ1v) is 7.25. The molecule has 1 aliphatic heterocycles. The number of fused-ring (bicyclic) bond motifs is 1. The lowest BCUT2D eigenvalue weighted by atomic mass is 10.1. The summed E-state index contributed by atoms with van der Waals surface area (Å²) in [6.07, 6.45) is 0. The van der Waals surface area contributed by atoms with Crippen LogP contribution in [-0.4, -0.2) is 48.5 Å². The zero-order valence-corrected chi connectivity index (χ0v) is 11.9. The van der Waals surface area contributed by atoms with Gasteiger partial charge in [0.15, 0.2) is 0 Å². The van der Waals surface area contributed by atoms with E-state index in [1.54, 1.807) is 12.1 Å². The lowest BCUT2D eigenvalue weighted by Crippen LogP contribution is -2.36. The number of morpholine rings is 1. The summed E-state index contributed by atoms with van der Waals surface area (Å²) in [6, 6.07) is 5.43. The Kier molecular flexibility index (Phi) is 3.52. The number of rotatable bonds is 3. The minimum absolute atomic E-state index is 0.127. The number of aromatic carboxylic acids is 2. The summed E-state index contributed by atoms with van der Waals surface area (Å²) >= 11 is 0.992. The summed E-state index contributed by atoms with van der Waals surface area (Å²) in [5.74, 6) is -2.42. The molecule has 1 saturated heterocycles. The van der Waals surface area contributed by atoms with Crippen LogP contribution in [0.4, 0.5) is 5.69 Å². The summed E-state index contributed by atoms with van der Waals surface area (Å²) in [4.78, 5) is 24.6. The molecular weight excluding hydrogens is 294 g/mol. The average Bonchev–Trinajstić information content (AvgIpc) is 2.87. The highest BCUT2D eigenvalue weighted by Gasteiger charge is 2.24. The van der Waals surface area contributed by atoms with Gasteiger partial charge in [0.25, 0.3) is 0 Å². The van der Waals surface area contributed by atoms with Crippen LogP contribution >= 0.6 is 11.3 Å². The van der Waals surface area contributed by atoms with Gasteiger partial charge < -0.3 is 19.8 Å². The van der Waals surface area contributed by atoms with Gasteiger partial charge in [-0.3, -0.25) is 0 Å². The molecule has 0 unspecified atom stereocenters. The van der Waals surface area contributed by atoms with E-state index < -0.39 is 11.9 Å². The number of carboxylic acids is 2. The smallest absolute Gasteiger partial charge is 0.346 e. The maximum Gasteiger partial charge on any atom is 0.346 e. The fourth-order valence-electron chi connectivity index (χ4n) is 2.47. The zero-order valence-electron chi connectivity index (χ0n) is 11.0. The van der Waals surface area contributed by atoms with Crippen LogP contribution in [0.1, 0.15) is 20.0 Å². The quantitative estimate of drug-likeness (QED) is 0.903. The molecule has 1 aromatic carbocycles. The van der Waals surface area contributed by atoms with Gasteiger partial charge in [0, 0.05) is 28.9 Å². The Morgan fingerprint density at radius 3 is 2.48 bits per heavy atom. The van der Waals surface area contributed by atoms with Crippen molar-refractivity contribution < 1.29 is 24.5 Å². The van der Waals surface area contributed by atoms with Crippen LogP contribution in [0.15, 0.2) is 18.2 Å². The molecule has 0 spiro atoms. The topological polar surface area (TPSA) is 87.1 Å². The van der Waals surface area contributed by atoms with E-state index in [0.29, 0.717) is 23.3 Å². The Balaban J connectivity index is 2.13. The molecule has 2 aromatic rings. The molecule has 0 bridgehead atoms. The zero-order chi connectivity index (χ0) is 15.0. The van der Waals surface area contributed by atoms with Gasteiger partial charge in [-0.05, 0) is 18.2 Å². The molecule has 1 aliphatic rings. The van der Waals surface area contributed by atoms with Gasteiger partial charge in [-0.2, -0.15) is 0 Å². The van der Waals surface area contributed by atoms with Gasteiger partial charge in [0.05, 0.1) is 18.8 Å². The molecule has 0 saturated carbocycles. The third-order valence-electron chi connectivity index (χ3n) is 3.46. The molecule has 0 radical (unpaired) electrons. The number of hydrogen-bond donors (Lipinski definition) is 2. The average molecular weight is 307 g/mol. The van der Waals surface area contributed by atoms with E-state index in [-0.39, 0.29) is 10.4 Å². The van der Waals surface area contributed by atoms with Crippen LogP contribution in [-0.2, 0) is 4.74 Å². The maximum atomic E-state index is 11.4. The summed E-state index contributed by atoms with van der Waals surface area (Å²) in [5, 5.41) is 18.9. The Labute approximate surface area is 124 Å². The summed E-state index contributed by atoms with van der Waals surface area (Å²) in [6.45, 7) is 2.75. The Hall–Kier alpha value is -2.12. The van der Waals surface area contributed by atoms with Crippen LogP contribution in [0.5, 0.6) is 0 Å². The van der Waals surface area contributed by atoms with Crippen molar-refractivity contribution in [2.24, 2.45) is 0 Å². The Morgan fingerprint density at radius 2 is 1.86 bits per heavy atom. The van der Waals surface area contributed by atoms with Gasteiger partial charge in [-0.15, -0.1) is 11.3 Å². The molecule has 2 heterocycles. The van der Waals surface area contributed by atoms with Gasteiger partial charge in [-0.1, -0.05) is 0 Å². The van der Waals surface area contributed by atoms with Crippen molar-refractivity contribution in [3.8, 4) is 0 Å². The monoisotopic (exact) mass is 307 g/mol. The minimum atomic E-state index is -1.21. The number of benzene rings is 1. The van der Waals surface area contributed by atoms with Gasteiger partial charge in [0.2, 0.25) is 0 Å². The SMILES string of the molecule is O=C(O)c1sc2ccc(N3CCOCC3)cc2c1C(=O)O. The summed E-state index contributed by atoms with van der Waals surface area (Å²) in [7, 11) is 0. The van der Waals surface area contributed by atoms with Crippen molar-refractivity contribution in [1.29, 1.82) is 0 Å². The number of hydrogen-bond acceptors (Lipinski definition) is 5. The van der Waals surface area contributed by atoms with Crippen LogP contribution in [0, 0.1) is 0 Å². The van der Waals surface area contributed by atoms with Gasteiger partial charge in [0.1, 0.15) is 4.88 Å². The maximum absolute atomic E-state index is 11.4. The number of nitrogens with zero attached hydrogens (tertiary/aromatic N) is 1. The van der Waals surface area contributed by atoms with Crippen molar-refractivity contribution in [3.63, 3.8) is 0 Å². The highest BCUT2D eigenvalue weighted by Crippen LogP contribution is 2.34.